The van der Waals surface area contributed by atoms with Crippen molar-refractivity contribution in [2.24, 2.45) is 0 Å². The Balaban J connectivity index is 1.84. The molecule has 2 rings (SSSR count). The molecule has 1 fully saturated rings. The van der Waals surface area contributed by atoms with E-state index in [4.69, 9.17) is 4.74 Å². The van der Waals surface area contributed by atoms with Crippen LogP contribution in [0, 0.1) is 0 Å². The second kappa shape index (κ2) is 5.03. The zero-order valence-corrected chi connectivity index (χ0v) is 11.8. The Labute approximate surface area is 105 Å². The average Bonchev–Trinajstić information content (AvgIpc) is 3.03. The Hall–Kier alpha value is -1.12. The summed E-state index contributed by atoms with van der Waals surface area (Å²) in [5.74, 6) is 0. The molecule has 0 spiro atoms. The lowest BCUT2D eigenvalue weighted by atomic mass is 10.2. The summed E-state index contributed by atoms with van der Waals surface area (Å²) < 4.78 is 5.58. The lowest BCUT2D eigenvalue weighted by molar-refractivity contribution is 0.414. The van der Waals surface area contributed by atoms with Crippen LogP contribution in [-0.4, -0.2) is 20.3 Å². The molecule has 0 unspecified atom stereocenters. The van der Waals surface area contributed by atoms with Crippen molar-refractivity contribution in [3.63, 3.8) is 0 Å². The van der Waals surface area contributed by atoms with Crippen LogP contribution in [0.15, 0.2) is 48.2 Å². The predicted molar refractivity (Wildman–Crippen MR) is 76.6 cm³/mol. The highest BCUT2D eigenvalue weighted by atomic mass is 28.3. The number of ether oxygens (including phenoxy) is 1. The molecule has 1 saturated heterocycles. The molecular formula is C15H20OSi. The van der Waals surface area contributed by atoms with Crippen LogP contribution in [0.2, 0.25) is 19.6 Å². The molecule has 90 valence electrons. The molecular weight excluding hydrogens is 224 g/mol. The molecule has 1 aliphatic heterocycles. The van der Waals surface area contributed by atoms with Gasteiger partial charge in [0.15, 0.2) is 0 Å². The molecule has 0 aliphatic carbocycles. The van der Waals surface area contributed by atoms with Gasteiger partial charge in [-0.1, -0.05) is 73.9 Å². The Morgan fingerprint density at radius 3 is 2.29 bits per heavy atom. The molecule has 0 radical (unpaired) electrons. The minimum Gasteiger partial charge on any atom is -0.361 e. The van der Waals surface area contributed by atoms with Crippen LogP contribution in [0.5, 0.6) is 0 Å². The van der Waals surface area contributed by atoms with E-state index < -0.39 is 8.07 Å². The highest BCUT2D eigenvalue weighted by Gasteiger charge is 2.34. The zero-order valence-electron chi connectivity index (χ0n) is 10.8. The maximum atomic E-state index is 5.58. The van der Waals surface area contributed by atoms with Crippen molar-refractivity contribution in [2.75, 3.05) is 0 Å². The fourth-order valence-corrected chi connectivity index (χ4v) is 2.37. The van der Waals surface area contributed by atoms with Crippen molar-refractivity contribution >= 4 is 14.1 Å². The first-order valence-corrected chi connectivity index (χ1v) is 9.70. The van der Waals surface area contributed by atoms with Crippen molar-refractivity contribution in [3.8, 4) is 0 Å². The fourth-order valence-electron chi connectivity index (χ4n) is 1.60. The summed E-state index contributed by atoms with van der Waals surface area (Å²) in [6.45, 7) is 7.00. The molecule has 0 amide bonds. The maximum absolute atomic E-state index is 5.58. The quantitative estimate of drug-likeness (QED) is 0.578. The van der Waals surface area contributed by atoms with Gasteiger partial charge in [-0.05, 0) is 5.56 Å². The molecule has 1 aliphatic rings. The second-order valence-corrected chi connectivity index (χ2v) is 10.6. The first kappa shape index (κ1) is 12.3. The van der Waals surface area contributed by atoms with Gasteiger partial charge in [0.2, 0.25) is 0 Å². The van der Waals surface area contributed by atoms with E-state index in [9.17, 15) is 0 Å². The monoisotopic (exact) mass is 244 g/mol. The topological polar surface area (TPSA) is 12.5 Å². The van der Waals surface area contributed by atoms with Crippen LogP contribution in [-0.2, 0) is 4.74 Å². The van der Waals surface area contributed by atoms with Crippen molar-refractivity contribution in [1.82, 2.24) is 0 Å². The van der Waals surface area contributed by atoms with Crippen molar-refractivity contribution in [2.45, 2.75) is 31.8 Å². The van der Waals surface area contributed by atoms with Gasteiger partial charge in [0.25, 0.3) is 0 Å². The highest BCUT2D eigenvalue weighted by molar-refractivity contribution is 6.80. The average molecular weight is 244 g/mol. The summed E-state index contributed by atoms with van der Waals surface area (Å²) in [6.07, 6.45) is 7.10. The van der Waals surface area contributed by atoms with E-state index in [1.54, 1.807) is 0 Å². The fraction of sp³-hybridized carbons (Fsp3) is 0.333. The molecule has 2 atom stereocenters. The Morgan fingerprint density at radius 2 is 1.65 bits per heavy atom. The molecule has 1 aromatic carbocycles. The first-order valence-electron chi connectivity index (χ1n) is 6.13. The molecule has 0 aromatic heterocycles. The third-order valence-electron chi connectivity index (χ3n) is 2.63. The van der Waals surface area contributed by atoms with Gasteiger partial charge in [-0.3, -0.25) is 0 Å². The van der Waals surface area contributed by atoms with E-state index >= 15 is 0 Å². The normalized spacial score (nSPS) is 24.6. The maximum Gasteiger partial charge on any atom is 0.107 e. The molecule has 0 saturated carbocycles. The third kappa shape index (κ3) is 4.33. The summed E-state index contributed by atoms with van der Waals surface area (Å²) in [7, 11) is -1.08. The van der Waals surface area contributed by atoms with E-state index in [0.29, 0.717) is 6.10 Å². The summed E-state index contributed by atoms with van der Waals surface area (Å²) in [4.78, 5) is 0. The first-order chi connectivity index (χ1) is 8.04. The smallest absolute Gasteiger partial charge is 0.107 e. The third-order valence-corrected chi connectivity index (χ3v) is 3.82. The van der Waals surface area contributed by atoms with Crippen molar-refractivity contribution < 1.29 is 4.74 Å². The van der Waals surface area contributed by atoms with Gasteiger partial charge >= 0.3 is 0 Å². The molecule has 1 aromatic rings. The van der Waals surface area contributed by atoms with Gasteiger partial charge in [-0.25, -0.2) is 0 Å². The van der Waals surface area contributed by atoms with E-state index in [-0.39, 0.29) is 6.10 Å². The largest absolute Gasteiger partial charge is 0.361 e. The number of hydrogen-bond donors (Lipinski definition) is 0. The van der Waals surface area contributed by atoms with Crippen LogP contribution in [0.4, 0.5) is 0 Å². The number of epoxide rings is 1. The van der Waals surface area contributed by atoms with Crippen molar-refractivity contribution in [1.29, 1.82) is 0 Å². The Bertz CT molecular complexity index is 414. The molecule has 0 N–H and O–H groups in total. The van der Waals surface area contributed by atoms with Gasteiger partial charge in [-0.15, -0.1) is 0 Å². The highest BCUT2D eigenvalue weighted by Crippen LogP contribution is 2.26. The van der Waals surface area contributed by atoms with Crippen LogP contribution in [0.1, 0.15) is 5.56 Å². The summed E-state index contributed by atoms with van der Waals surface area (Å²) in [6, 6.07) is 10.3. The Morgan fingerprint density at radius 1 is 1.00 bits per heavy atom. The van der Waals surface area contributed by atoms with Gasteiger partial charge in [0.05, 0.1) is 8.07 Å². The van der Waals surface area contributed by atoms with Gasteiger partial charge in [0.1, 0.15) is 12.2 Å². The lowest BCUT2D eigenvalue weighted by Crippen LogP contribution is -2.15. The number of hydrogen-bond acceptors (Lipinski definition) is 1. The summed E-state index contributed by atoms with van der Waals surface area (Å²) >= 11 is 0. The second-order valence-electron chi connectivity index (χ2n) is 5.56. The van der Waals surface area contributed by atoms with Gasteiger partial charge in [-0.2, -0.15) is 0 Å². The van der Waals surface area contributed by atoms with E-state index in [1.165, 1.54) is 5.56 Å². The van der Waals surface area contributed by atoms with Crippen molar-refractivity contribution in [3.05, 3.63) is 53.7 Å². The Kier molecular flexibility index (Phi) is 3.65. The van der Waals surface area contributed by atoms with Crippen LogP contribution in [0.3, 0.4) is 0 Å². The minimum absolute atomic E-state index is 0.280. The molecule has 1 nitrogen and oxygen atoms in total. The van der Waals surface area contributed by atoms with Crippen LogP contribution in [0.25, 0.3) is 6.08 Å². The van der Waals surface area contributed by atoms with Crippen LogP contribution >= 0.6 is 0 Å². The molecule has 2 heteroatoms. The van der Waals surface area contributed by atoms with E-state index in [2.05, 4.69) is 67.8 Å². The predicted octanol–water partition coefficient (Wildman–Crippen LogP) is 3.90. The standard InChI is InChI=1S/C15H20OSi/c1-17(2,3)12-11-15-14(16-15)10-9-13-7-5-4-6-8-13/h4-12,14-15H,1-3H3/b10-9+,12-11+/t14-,15-/m1/s1. The van der Waals surface area contributed by atoms with Gasteiger partial charge < -0.3 is 4.74 Å². The van der Waals surface area contributed by atoms with E-state index in [1.807, 2.05) is 6.07 Å². The molecule has 17 heavy (non-hydrogen) atoms. The number of benzene rings is 1. The number of rotatable bonds is 4. The summed E-state index contributed by atoms with van der Waals surface area (Å²) in [5, 5.41) is 0. The molecule has 1 heterocycles. The zero-order chi connectivity index (χ0) is 12.3. The summed E-state index contributed by atoms with van der Waals surface area (Å²) in [5.41, 5.74) is 3.59. The van der Waals surface area contributed by atoms with Gasteiger partial charge in [0, 0.05) is 0 Å². The minimum atomic E-state index is -1.08. The van der Waals surface area contributed by atoms with E-state index in [0.717, 1.165) is 0 Å². The molecule has 0 bridgehead atoms. The SMILES string of the molecule is C[Si](C)(C)/C=C/[C@H]1O[C@@H]1/C=C/c1ccccc1. The van der Waals surface area contributed by atoms with Crippen LogP contribution < -0.4 is 0 Å². The lowest BCUT2D eigenvalue weighted by Gasteiger charge is -2.06.